The molecule has 2 heterocycles. The first-order valence-corrected chi connectivity index (χ1v) is 12.9. The largest absolute Gasteiger partial charge is 0.494 e. The Morgan fingerprint density at radius 1 is 1.14 bits per heavy atom. The number of carbonyl (C=O) groups is 3. The normalized spacial score (nSPS) is 20.5. The van der Waals surface area contributed by atoms with E-state index in [0.717, 1.165) is 11.1 Å². The number of fused-ring (bicyclic) bond motifs is 12. The molecule has 2 aromatic rings. The molecular formula is C28H38N4O5. The van der Waals surface area contributed by atoms with E-state index in [2.05, 4.69) is 16.0 Å². The molecule has 4 atom stereocenters. The van der Waals surface area contributed by atoms with Gasteiger partial charge in [0, 0.05) is 19.5 Å². The summed E-state index contributed by atoms with van der Waals surface area (Å²) in [6.45, 7) is 2.97. The van der Waals surface area contributed by atoms with Crippen molar-refractivity contribution in [3.63, 3.8) is 0 Å². The van der Waals surface area contributed by atoms with Crippen molar-refractivity contribution < 1.29 is 24.2 Å². The first kappa shape index (κ1) is 28.1. The van der Waals surface area contributed by atoms with E-state index in [4.69, 9.17) is 10.5 Å². The van der Waals surface area contributed by atoms with E-state index < -0.39 is 24.1 Å². The Morgan fingerprint density at radius 2 is 1.86 bits per heavy atom. The Balaban J connectivity index is 1.73. The minimum absolute atomic E-state index is 0.0313. The number of aliphatic hydroxyl groups is 1. The number of benzene rings is 2. The lowest BCUT2D eigenvalue weighted by Crippen LogP contribution is -2.54. The molecule has 3 amide bonds. The number of carbonyl (C=O) groups excluding carboxylic acids is 3. The van der Waals surface area contributed by atoms with E-state index in [1.807, 2.05) is 61.5 Å². The Morgan fingerprint density at radius 3 is 2.57 bits per heavy atom. The van der Waals surface area contributed by atoms with E-state index in [0.29, 0.717) is 38.2 Å². The highest BCUT2D eigenvalue weighted by Crippen LogP contribution is 2.16. The lowest BCUT2D eigenvalue weighted by Gasteiger charge is -2.25. The lowest BCUT2D eigenvalue weighted by molar-refractivity contribution is -0.130. The molecule has 0 saturated heterocycles. The molecule has 0 aromatic heterocycles. The van der Waals surface area contributed by atoms with Gasteiger partial charge in [-0.2, -0.15) is 0 Å². The summed E-state index contributed by atoms with van der Waals surface area (Å²) in [5, 5.41) is 19.6. The molecule has 2 aliphatic heterocycles. The number of nitrogens with one attached hydrogen (secondary N) is 3. The maximum absolute atomic E-state index is 13.4. The summed E-state index contributed by atoms with van der Waals surface area (Å²) < 4.78 is 5.73. The van der Waals surface area contributed by atoms with Gasteiger partial charge in [0.1, 0.15) is 11.8 Å². The molecule has 9 nitrogen and oxygen atoms in total. The van der Waals surface area contributed by atoms with Crippen LogP contribution < -0.4 is 26.4 Å². The number of hydrogen-bond acceptors (Lipinski definition) is 6. The van der Waals surface area contributed by atoms with Crippen LogP contribution in [0.15, 0.2) is 54.6 Å². The van der Waals surface area contributed by atoms with Crippen molar-refractivity contribution in [3.05, 3.63) is 65.7 Å². The highest BCUT2D eigenvalue weighted by molar-refractivity contribution is 5.90. The van der Waals surface area contributed by atoms with E-state index in [1.54, 1.807) is 0 Å². The molecule has 2 aromatic carbocycles. The second-order valence-electron chi connectivity index (χ2n) is 9.60. The zero-order valence-corrected chi connectivity index (χ0v) is 21.3. The Kier molecular flexibility index (Phi) is 10.9. The summed E-state index contributed by atoms with van der Waals surface area (Å²) >= 11 is 0. The van der Waals surface area contributed by atoms with Crippen LogP contribution in [0.3, 0.4) is 0 Å². The van der Waals surface area contributed by atoms with Crippen molar-refractivity contribution in [2.45, 2.75) is 57.2 Å². The van der Waals surface area contributed by atoms with Crippen molar-refractivity contribution >= 4 is 17.7 Å². The molecule has 0 spiro atoms. The van der Waals surface area contributed by atoms with Gasteiger partial charge in [-0.05, 0) is 54.9 Å². The first-order valence-electron chi connectivity index (χ1n) is 12.9. The summed E-state index contributed by atoms with van der Waals surface area (Å²) in [7, 11) is 0. The van der Waals surface area contributed by atoms with E-state index in [-0.39, 0.29) is 37.1 Å². The van der Waals surface area contributed by atoms with Crippen LogP contribution >= 0.6 is 0 Å². The van der Waals surface area contributed by atoms with Crippen molar-refractivity contribution in [1.82, 2.24) is 16.0 Å². The van der Waals surface area contributed by atoms with Crippen LogP contribution in [0.4, 0.5) is 0 Å². The van der Waals surface area contributed by atoms with Crippen molar-refractivity contribution in [1.29, 1.82) is 0 Å². The molecule has 0 aliphatic carbocycles. The molecule has 200 valence electrons. The number of aliphatic hydroxyl groups excluding tert-OH is 1. The van der Waals surface area contributed by atoms with E-state index >= 15 is 0 Å². The van der Waals surface area contributed by atoms with Gasteiger partial charge in [0.15, 0.2) is 0 Å². The van der Waals surface area contributed by atoms with E-state index in [9.17, 15) is 19.5 Å². The highest BCUT2D eigenvalue weighted by Gasteiger charge is 2.27. The Bertz CT molecular complexity index is 1010. The van der Waals surface area contributed by atoms with Gasteiger partial charge in [0.25, 0.3) is 0 Å². The van der Waals surface area contributed by atoms with Crippen LogP contribution in [0.1, 0.15) is 37.3 Å². The topological polar surface area (TPSA) is 143 Å². The third-order valence-electron chi connectivity index (χ3n) is 6.51. The van der Waals surface area contributed by atoms with Gasteiger partial charge in [-0.15, -0.1) is 0 Å². The fourth-order valence-electron chi connectivity index (χ4n) is 4.23. The molecule has 4 rings (SSSR count). The molecular weight excluding hydrogens is 472 g/mol. The predicted octanol–water partition coefficient (Wildman–Crippen LogP) is 1.08. The summed E-state index contributed by atoms with van der Waals surface area (Å²) in [5.41, 5.74) is 7.32. The van der Waals surface area contributed by atoms with Crippen LogP contribution in [-0.4, -0.2) is 60.7 Å². The fraction of sp³-hybridized carbons (Fsp3) is 0.464. The van der Waals surface area contributed by atoms with Crippen LogP contribution in [0, 0.1) is 5.92 Å². The standard InChI is InChI=1S/C28H38N4O5/c1-19(16-20-6-3-2-4-7-20)25(33)18-31-24-17-21-8-10-22(11-9-21)37-15-5-14-30-27(35)23(32-28(24)36)12-13-26(29)34/h2-4,6-11,19,23-25,31,33H,5,12-18H2,1H3,(H2,29,34)(H,30,35)(H,32,36). The summed E-state index contributed by atoms with van der Waals surface area (Å²) in [4.78, 5) is 37.5. The van der Waals surface area contributed by atoms with Gasteiger partial charge < -0.3 is 31.5 Å². The van der Waals surface area contributed by atoms with Crippen molar-refractivity contribution in [2.24, 2.45) is 11.7 Å². The van der Waals surface area contributed by atoms with Gasteiger partial charge in [0.05, 0.1) is 18.8 Å². The van der Waals surface area contributed by atoms with Gasteiger partial charge in [-0.3, -0.25) is 14.4 Å². The Labute approximate surface area is 218 Å². The maximum Gasteiger partial charge on any atom is 0.242 e. The number of ether oxygens (including phenoxy) is 1. The minimum Gasteiger partial charge on any atom is -0.494 e. The molecule has 2 aliphatic rings. The van der Waals surface area contributed by atoms with Crippen molar-refractivity contribution in [3.8, 4) is 5.75 Å². The highest BCUT2D eigenvalue weighted by atomic mass is 16.5. The average Bonchev–Trinajstić information content (AvgIpc) is 2.89. The van der Waals surface area contributed by atoms with Crippen LogP contribution in [-0.2, 0) is 27.2 Å². The first-order chi connectivity index (χ1) is 17.8. The zero-order valence-electron chi connectivity index (χ0n) is 21.3. The molecule has 4 unspecified atom stereocenters. The van der Waals surface area contributed by atoms with Crippen LogP contribution in [0.2, 0.25) is 0 Å². The zero-order chi connectivity index (χ0) is 26.6. The third kappa shape index (κ3) is 9.51. The molecule has 2 bridgehead atoms. The van der Waals surface area contributed by atoms with Gasteiger partial charge in [-0.1, -0.05) is 49.4 Å². The third-order valence-corrected chi connectivity index (χ3v) is 6.51. The summed E-state index contributed by atoms with van der Waals surface area (Å²) in [5.74, 6) is -0.632. The monoisotopic (exact) mass is 510 g/mol. The smallest absolute Gasteiger partial charge is 0.242 e. The molecule has 9 heteroatoms. The quantitative estimate of drug-likeness (QED) is 0.342. The number of hydrogen-bond donors (Lipinski definition) is 5. The number of primary amides is 1. The summed E-state index contributed by atoms with van der Waals surface area (Å²) in [6, 6.07) is 15.8. The second kappa shape index (κ2) is 14.3. The molecule has 0 fully saturated rings. The number of nitrogens with two attached hydrogens (primary N) is 1. The molecule has 37 heavy (non-hydrogen) atoms. The Hall–Kier alpha value is -3.43. The predicted molar refractivity (Wildman–Crippen MR) is 141 cm³/mol. The van der Waals surface area contributed by atoms with E-state index in [1.165, 1.54) is 0 Å². The lowest BCUT2D eigenvalue weighted by atomic mass is 9.95. The van der Waals surface area contributed by atoms with Gasteiger partial charge >= 0.3 is 0 Å². The van der Waals surface area contributed by atoms with Crippen LogP contribution in [0.5, 0.6) is 5.75 Å². The minimum atomic E-state index is -0.904. The molecule has 0 radical (unpaired) electrons. The average molecular weight is 511 g/mol. The number of amides is 3. The SMILES string of the molecule is CC(Cc1ccccc1)C(O)CNC1Cc2ccc(cc2)OCCCNC(=O)C(CCC(N)=O)NC1=O. The van der Waals surface area contributed by atoms with Crippen molar-refractivity contribution in [2.75, 3.05) is 19.7 Å². The van der Waals surface area contributed by atoms with Gasteiger partial charge in [-0.25, -0.2) is 0 Å². The molecule has 0 saturated carbocycles. The molecule has 6 N–H and O–H groups in total. The fourth-order valence-corrected chi connectivity index (χ4v) is 4.23. The number of rotatable bonds is 9. The maximum atomic E-state index is 13.4. The summed E-state index contributed by atoms with van der Waals surface area (Å²) in [6.07, 6.45) is 1.02. The van der Waals surface area contributed by atoms with Gasteiger partial charge in [0.2, 0.25) is 17.7 Å². The second-order valence-corrected chi connectivity index (χ2v) is 9.60. The van der Waals surface area contributed by atoms with Crippen LogP contribution in [0.25, 0.3) is 0 Å².